The second-order valence-electron chi connectivity index (χ2n) is 6.43. The SMILES string of the molecule is CC=CCCCC(=O)O[C@H]1C(=O)C=C[C@@H]1C=CC(O)COc1cccc(Cl)c1. The fraction of sp³-hybridized carbons (Fsp3) is 0.364. The number of halogens is 1. The Balaban J connectivity index is 1.82. The molecule has 0 saturated heterocycles. The van der Waals surface area contributed by atoms with Crippen molar-refractivity contribution in [1.82, 2.24) is 0 Å². The molecule has 0 spiro atoms. The summed E-state index contributed by atoms with van der Waals surface area (Å²) in [6.07, 6.45) is 10.2. The van der Waals surface area contributed by atoms with Crippen LogP contribution < -0.4 is 4.74 Å². The summed E-state index contributed by atoms with van der Waals surface area (Å²) in [5.41, 5.74) is 0. The number of allylic oxidation sites excluding steroid dienone is 2. The molecule has 28 heavy (non-hydrogen) atoms. The van der Waals surface area contributed by atoms with E-state index in [1.165, 1.54) is 12.2 Å². The minimum absolute atomic E-state index is 0.0383. The lowest BCUT2D eigenvalue weighted by atomic mass is 10.0. The molecule has 0 fully saturated rings. The Bertz CT molecular complexity index is 753. The molecule has 1 aromatic rings. The summed E-state index contributed by atoms with van der Waals surface area (Å²) in [5, 5.41) is 10.6. The van der Waals surface area contributed by atoms with Crippen LogP contribution in [0.25, 0.3) is 0 Å². The summed E-state index contributed by atoms with van der Waals surface area (Å²) in [6.45, 7) is 1.96. The molecule has 0 amide bonds. The van der Waals surface area contributed by atoms with Crippen molar-refractivity contribution >= 4 is 23.4 Å². The van der Waals surface area contributed by atoms with Crippen LogP contribution in [-0.2, 0) is 14.3 Å². The summed E-state index contributed by atoms with van der Waals surface area (Å²) in [7, 11) is 0. The van der Waals surface area contributed by atoms with E-state index in [1.54, 1.807) is 36.4 Å². The number of ether oxygens (including phenoxy) is 2. The number of benzene rings is 1. The van der Waals surface area contributed by atoms with E-state index in [4.69, 9.17) is 21.1 Å². The van der Waals surface area contributed by atoms with Crippen LogP contribution in [0.4, 0.5) is 0 Å². The highest BCUT2D eigenvalue weighted by Crippen LogP contribution is 2.22. The zero-order chi connectivity index (χ0) is 20.4. The third-order valence-corrected chi connectivity index (χ3v) is 4.37. The number of aliphatic hydroxyl groups excluding tert-OH is 1. The molecule has 0 saturated carbocycles. The maximum absolute atomic E-state index is 12.0. The molecular weight excluding hydrogens is 380 g/mol. The molecule has 0 radical (unpaired) electrons. The number of ketones is 1. The Hall–Kier alpha value is -2.37. The van der Waals surface area contributed by atoms with Gasteiger partial charge in [-0.25, -0.2) is 0 Å². The van der Waals surface area contributed by atoms with E-state index in [2.05, 4.69) is 0 Å². The van der Waals surface area contributed by atoms with Crippen LogP contribution in [0.15, 0.2) is 60.7 Å². The average molecular weight is 405 g/mol. The van der Waals surface area contributed by atoms with Crippen LogP contribution in [-0.4, -0.2) is 35.7 Å². The molecule has 1 aliphatic carbocycles. The first-order valence-electron chi connectivity index (χ1n) is 9.27. The van der Waals surface area contributed by atoms with Crippen molar-refractivity contribution < 1.29 is 24.2 Å². The quantitative estimate of drug-likeness (QED) is 0.362. The zero-order valence-electron chi connectivity index (χ0n) is 15.8. The van der Waals surface area contributed by atoms with Gasteiger partial charge in [0.15, 0.2) is 11.9 Å². The molecule has 0 aromatic heterocycles. The summed E-state index contributed by atoms with van der Waals surface area (Å²) >= 11 is 5.89. The highest BCUT2D eigenvalue weighted by atomic mass is 35.5. The lowest BCUT2D eigenvalue weighted by Gasteiger charge is -2.16. The summed E-state index contributed by atoms with van der Waals surface area (Å²) < 4.78 is 10.8. The monoisotopic (exact) mass is 404 g/mol. The first kappa shape index (κ1) is 21.9. The van der Waals surface area contributed by atoms with E-state index in [0.29, 0.717) is 17.2 Å². The van der Waals surface area contributed by atoms with Crippen molar-refractivity contribution in [2.24, 2.45) is 5.92 Å². The van der Waals surface area contributed by atoms with Crippen molar-refractivity contribution in [3.8, 4) is 5.75 Å². The van der Waals surface area contributed by atoms with E-state index in [1.807, 2.05) is 19.1 Å². The number of aliphatic hydroxyl groups is 1. The summed E-state index contributed by atoms with van der Waals surface area (Å²) in [6, 6.07) is 6.89. The highest BCUT2D eigenvalue weighted by Gasteiger charge is 2.31. The fourth-order valence-electron chi connectivity index (χ4n) is 2.68. The smallest absolute Gasteiger partial charge is 0.306 e. The van der Waals surface area contributed by atoms with Gasteiger partial charge in [-0.3, -0.25) is 9.59 Å². The van der Waals surface area contributed by atoms with Gasteiger partial charge in [0.25, 0.3) is 0 Å². The normalized spacial score (nSPS) is 20.2. The zero-order valence-corrected chi connectivity index (χ0v) is 16.5. The molecule has 0 bridgehead atoms. The molecule has 0 heterocycles. The first-order chi connectivity index (χ1) is 13.5. The lowest BCUT2D eigenvalue weighted by molar-refractivity contribution is -0.154. The molecule has 5 nitrogen and oxygen atoms in total. The number of carbonyl (C=O) groups is 2. The minimum Gasteiger partial charge on any atom is -0.491 e. The van der Waals surface area contributed by atoms with Gasteiger partial charge in [0.05, 0.1) is 0 Å². The molecule has 6 heteroatoms. The van der Waals surface area contributed by atoms with Crippen LogP contribution in [0.1, 0.15) is 26.2 Å². The van der Waals surface area contributed by atoms with Gasteiger partial charge >= 0.3 is 5.97 Å². The highest BCUT2D eigenvalue weighted by molar-refractivity contribution is 6.30. The fourth-order valence-corrected chi connectivity index (χ4v) is 2.86. The van der Waals surface area contributed by atoms with Gasteiger partial charge in [0.1, 0.15) is 18.5 Å². The third kappa shape index (κ3) is 7.33. The second kappa shape index (κ2) is 11.5. The Labute approximate surface area is 170 Å². The van der Waals surface area contributed by atoms with Crippen molar-refractivity contribution in [2.75, 3.05) is 6.61 Å². The molecule has 0 aliphatic heterocycles. The molecule has 1 N–H and O–H groups in total. The maximum Gasteiger partial charge on any atom is 0.306 e. The Morgan fingerprint density at radius 2 is 2.21 bits per heavy atom. The number of unbranched alkanes of at least 4 members (excludes halogenated alkanes) is 1. The van der Waals surface area contributed by atoms with Crippen LogP contribution in [0.5, 0.6) is 5.75 Å². The molecule has 2 rings (SSSR count). The largest absolute Gasteiger partial charge is 0.491 e. The van der Waals surface area contributed by atoms with Gasteiger partial charge in [-0.15, -0.1) is 0 Å². The van der Waals surface area contributed by atoms with Crippen molar-refractivity contribution in [2.45, 2.75) is 38.4 Å². The van der Waals surface area contributed by atoms with Crippen LogP contribution in [0.3, 0.4) is 0 Å². The molecule has 1 aliphatic rings. The van der Waals surface area contributed by atoms with E-state index in [9.17, 15) is 14.7 Å². The second-order valence-corrected chi connectivity index (χ2v) is 6.87. The van der Waals surface area contributed by atoms with E-state index >= 15 is 0 Å². The summed E-state index contributed by atoms with van der Waals surface area (Å²) in [5.74, 6) is -0.482. The van der Waals surface area contributed by atoms with Crippen molar-refractivity contribution in [3.63, 3.8) is 0 Å². The van der Waals surface area contributed by atoms with E-state index in [0.717, 1.165) is 6.42 Å². The Morgan fingerprint density at radius 1 is 1.39 bits per heavy atom. The van der Waals surface area contributed by atoms with E-state index < -0.39 is 24.1 Å². The number of rotatable bonds is 10. The number of esters is 1. The van der Waals surface area contributed by atoms with E-state index in [-0.39, 0.29) is 18.8 Å². The van der Waals surface area contributed by atoms with Gasteiger partial charge in [-0.2, -0.15) is 0 Å². The average Bonchev–Trinajstić information content (AvgIpc) is 3.01. The number of carbonyl (C=O) groups excluding carboxylic acids is 2. The predicted molar refractivity (Wildman–Crippen MR) is 108 cm³/mol. The van der Waals surface area contributed by atoms with Gasteiger partial charge < -0.3 is 14.6 Å². The van der Waals surface area contributed by atoms with Crippen molar-refractivity contribution in [1.29, 1.82) is 0 Å². The van der Waals surface area contributed by atoms with Gasteiger partial charge in [-0.05, 0) is 44.0 Å². The Morgan fingerprint density at radius 3 is 2.96 bits per heavy atom. The standard InChI is InChI=1S/C22H25ClO5/c1-2-3-4-5-9-21(26)28-22-16(11-13-20(22)25)10-12-18(24)15-27-19-8-6-7-17(23)14-19/h2-3,6-8,10-14,16,18,22,24H,4-5,9,15H2,1H3/t16-,18?,22+/m0/s1. The molecule has 3 atom stereocenters. The molecule has 150 valence electrons. The summed E-state index contributed by atoms with van der Waals surface area (Å²) in [4.78, 5) is 23.9. The predicted octanol–water partition coefficient (Wildman–Crippen LogP) is 4.05. The topological polar surface area (TPSA) is 72.8 Å². The molecule has 1 unspecified atom stereocenters. The molecule has 1 aromatic carbocycles. The lowest BCUT2D eigenvalue weighted by Crippen LogP contribution is -2.28. The first-order valence-corrected chi connectivity index (χ1v) is 9.65. The van der Waals surface area contributed by atoms with Crippen LogP contribution >= 0.6 is 11.6 Å². The maximum atomic E-state index is 12.0. The minimum atomic E-state index is -0.875. The third-order valence-electron chi connectivity index (χ3n) is 4.13. The van der Waals surface area contributed by atoms with Gasteiger partial charge in [0.2, 0.25) is 0 Å². The van der Waals surface area contributed by atoms with Crippen LogP contribution in [0.2, 0.25) is 5.02 Å². The molecular formula is C22H25ClO5. The van der Waals surface area contributed by atoms with Gasteiger partial charge in [0, 0.05) is 17.4 Å². The van der Waals surface area contributed by atoms with Crippen LogP contribution in [0, 0.1) is 5.92 Å². The Kier molecular flexibility index (Phi) is 8.98. The van der Waals surface area contributed by atoms with Gasteiger partial charge in [-0.1, -0.05) is 48.0 Å². The number of hydrogen-bond donors (Lipinski definition) is 1. The van der Waals surface area contributed by atoms with Crippen molar-refractivity contribution in [3.05, 3.63) is 65.7 Å². The number of hydrogen-bond acceptors (Lipinski definition) is 5.